The molecule has 286 valence electrons. The number of fused-ring (bicyclic) bond motifs is 1. The van der Waals surface area contributed by atoms with Crippen LogP contribution in [0.15, 0.2) is 149 Å². The van der Waals surface area contributed by atoms with Crippen molar-refractivity contribution in [3.63, 3.8) is 0 Å². The summed E-state index contributed by atoms with van der Waals surface area (Å²) in [4.78, 5) is -2.07. The molecule has 6 aromatic rings. The van der Waals surface area contributed by atoms with Gasteiger partial charge in [0.25, 0.3) is 20.2 Å². The Morgan fingerprint density at radius 3 is 1.82 bits per heavy atom. The topological polar surface area (TPSA) is 325 Å². The van der Waals surface area contributed by atoms with Gasteiger partial charge in [-0.2, -0.15) is 32.2 Å². The molecule has 0 aliphatic carbocycles. The molecular formula is C34H27N9O10S3. The molecule has 0 aliphatic rings. The quantitative estimate of drug-likeness (QED) is 0.0263. The fourth-order valence-corrected chi connectivity index (χ4v) is 7.00. The van der Waals surface area contributed by atoms with Crippen molar-refractivity contribution in [2.75, 3.05) is 16.8 Å². The number of hydrogen-bond donors (Lipinski definition) is 8. The number of phenolic OH excluding ortho intramolecular Hbond substituents is 2. The number of azo groups is 3. The molecule has 10 N–H and O–H groups in total. The average Bonchev–Trinajstić information content (AvgIpc) is 3.14. The zero-order valence-corrected chi connectivity index (χ0v) is 30.6. The van der Waals surface area contributed by atoms with Crippen LogP contribution in [0.5, 0.6) is 11.5 Å². The summed E-state index contributed by atoms with van der Waals surface area (Å²) >= 11 is -2.59. The monoisotopic (exact) mass is 817 g/mol. The molecule has 6 aromatic carbocycles. The zero-order valence-electron chi connectivity index (χ0n) is 28.2. The number of nitrogen functional groups attached to an aromatic ring is 2. The number of rotatable bonds is 11. The van der Waals surface area contributed by atoms with Gasteiger partial charge in [-0.05, 0) is 84.2 Å². The standard InChI is InChI=1S/C34H27N9O10S3/c35-24-17-23(44)11-13-25(24)41-38-21-8-6-19(7-9-21)37-26-12-10-22(16-27(26)54(46)47)40-42-32-28(55(48,49)50)14-18-15-29(56(51,52)53)33(34(45)30(18)31(32)36)43-39-20-4-2-1-3-5-20/h1-17,37,44-45H,35-36H2,(H,46,47)(H,48,49,50)(H,51,52,53). The Labute approximate surface area is 319 Å². The highest BCUT2D eigenvalue weighted by Gasteiger charge is 2.28. The number of benzene rings is 6. The highest BCUT2D eigenvalue weighted by Crippen LogP contribution is 2.48. The van der Waals surface area contributed by atoms with Crippen molar-refractivity contribution in [2.24, 2.45) is 30.7 Å². The number of phenols is 2. The van der Waals surface area contributed by atoms with Crippen molar-refractivity contribution in [1.82, 2.24) is 0 Å². The number of aromatic hydroxyl groups is 2. The van der Waals surface area contributed by atoms with E-state index in [-0.39, 0.29) is 44.2 Å². The van der Waals surface area contributed by atoms with Crippen LogP contribution in [0.1, 0.15) is 0 Å². The molecule has 0 heterocycles. The summed E-state index contributed by atoms with van der Waals surface area (Å²) in [6, 6.07) is 24.1. The van der Waals surface area contributed by atoms with E-state index in [0.29, 0.717) is 17.1 Å². The molecule has 56 heavy (non-hydrogen) atoms. The minimum atomic E-state index is -5.15. The Kier molecular flexibility index (Phi) is 10.9. The summed E-state index contributed by atoms with van der Waals surface area (Å²) in [6.07, 6.45) is 0. The molecule has 0 aromatic heterocycles. The highest BCUT2D eigenvalue weighted by molar-refractivity contribution is 7.86. The normalized spacial score (nSPS) is 12.9. The molecule has 0 amide bonds. The number of anilines is 4. The molecule has 19 nitrogen and oxygen atoms in total. The van der Waals surface area contributed by atoms with Crippen molar-refractivity contribution in [3.8, 4) is 11.5 Å². The summed E-state index contributed by atoms with van der Waals surface area (Å²) < 4.78 is 92.0. The van der Waals surface area contributed by atoms with Crippen molar-refractivity contribution in [1.29, 1.82) is 0 Å². The first-order valence-electron chi connectivity index (χ1n) is 15.6. The van der Waals surface area contributed by atoms with Crippen LogP contribution in [-0.2, 0) is 31.3 Å². The lowest BCUT2D eigenvalue weighted by Crippen LogP contribution is -2.03. The maximum Gasteiger partial charge on any atom is 0.296 e. The van der Waals surface area contributed by atoms with Crippen molar-refractivity contribution < 1.29 is 44.9 Å². The van der Waals surface area contributed by atoms with Gasteiger partial charge in [0.05, 0.1) is 44.4 Å². The number of hydrogen-bond acceptors (Lipinski definition) is 16. The van der Waals surface area contributed by atoms with Crippen LogP contribution in [0, 0.1) is 0 Å². The third-order valence-electron chi connectivity index (χ3n) is 7.74. The van der Waals surface area contributed by atoms with Gasteiger partial charge in [-0.25, -0.2) is 4.21 Å². The SMILES string of the molecule is Nc1cc(O)ccc1N=Nc1ccc(Nc2ccc(N=Nc3c(S(=O)(=O)O)cc4cc(S(=O)(=O)O)c(N=Nc5ccccc5)c(O)c4c3N)cc2S(=O)O)cc1. The number of nitrogens with zero attached hydrogens (tertiary/aromatic N) is 6. The van der Waals surface area contributed by atoms with Gasteiger partial charge in [0.1, 0.15) is 32.6 Å². The van der Waals surface area contributed by atoms with E-state index in [0.717, 1.165) is 18.2 Å². The third-order valence-corrected chi connectivity index (χ3v) is 10.2. The van der Waals surface area contributed by atoms with Gasteiger partial charge in [-0.1, -0.05) is 18.2 Å². The van der Waals surface area contributed by atoms with E-state index in [9.17, 15) is 44.9 Å². The van der Waals surface area contributed by atoms with Crippen LogP contribution in [0.25, 0.3) is 10.8 Å². The van der Waals surface area contributed by atoms with Gasteiger partial charge in [-0.3, -0.25) is 9.11 Å². The van der Waals surface area contributed by atoms with Gasteiger partial charge >= 0.3 is 0 Å². The van der Waals surface area contributed by atoms with E-state index in [4.69, 9.17) is 11.5 Å². The van der Waals surface area contributed by atoms with Crippen LogP contribution in [0.2, 0.25) is 0 Å². The van der Waals surface area contributed by atoms with Crippen molar-refractivity contribution in [3.05, 3.63) is 103 Å². The van der Waals surface area contributed by atoms with Crippen LogP contribution >= 0.6 is 0 Å². The third kappa shape index (κ3) is 8.65. The summed E-state index contributed by atoms with van der Waals surface area (Å²) in [5.41, 5.74) is 11.9. The van der Waals surface area contributed by atoms with Gasteiger partial charge < -0.3 is 31.5 Å². The smallest absolute Gasteiger partial charge is 0.296 e. The molecule has 1 atom stereocenters. The minimum absolute atomic E-state index is 0.0163. The van der Waals surface area contributed by atoms with E-state index in [1.807, 2.05) is 0 Å². The molecule has 0 fully saturated rings. The second-order valence-electron chi connectivity index (χ2n) is 11.5. The Morgan fingerprint density at radius 2 is 1.20 bits per heavy atom. The second-order valence-corrected chi connectivity index (χ2v) is 15.3. The van der Waals surface area contributed by atoms with Gasteiger partial charge in [-0.15, -0.1) is 15.3 Å². The first kappa shape index (κ1) is 39.0. The molecule has 0 saturated carbocycles. The summed E-state index contributed by atoms with van der Waals surface area (Å²) in [5, 5.41) is 46.7. The largest absolute Gasteiger partial charge is 0.508 e. The fraction of sp³-hybridized carbons (Fsp3) is 0. The minimum Gasteiger partial charge on any atom is -0.508 e. The fourth-order valence-electron chi connectivity index (χ4n) is 5.15. The molecule has 22 heteroatoms. The first-order valence-corrected chi connectivity index (χ1v) is 19.6. The predicted molar refractivity (Wildman–Crippen MR) is 206 cm³/mol. The molecule has 0 aliphatic heterocycles. The number of nitrogens with one attached hydrogen (secondary N) is 1. The van der Waals surface area contributed by atoms with Crippen LogP contribution in [0.4, 0.5) is 56.9 Å². The second kappa shape index (κ2) is 15.6. The summed E-state index contributed by atoms with van der Waals surface area (Å²) in [5.74, 6) is -0.949. The average molecular weight is 818 g/mol. The van der Waals surface area contributed by atoms with Crippen LogP contribution < -0.4 is 16.8 Å². The molecular weight excluding hydrogens is 791 g/mol. The Hall–Kier alpha value is -6.69. The predicted octanol–water partition coefficient (Wildman–Crippen LogP) is 8.48. The van der Waals surface area contributed by atoms with E-state index in [1.54, 1.807) is 42.5 Å². The molecule has 0 radical (unpaired) electrons. The molecule has 0 spiro atoms. The Balaban J connectivity index is 1.35. The van der Waals surface area contributed by atoms with E-state index >= 15 is 0 Å². The van der Waals surface area contributed by atoms with Crippen molar-refractivity contribution in [2.45, 2.75) is 14.7 Å². The van der Waals surface area contributed by atoms with Gasteiger partial charge in [0.2, 0.25) is 0 Å². The molecule has 1 unspecified atom stereocenters. The van der Waals surface area contributed by atoms with E-state index < -0.39 is 63.9 Å². The first-order chi connectivity index (χ1) is 26.5. The lowest BCUT2D eigenvalue weighted by atomic mass is 10.1. The van der Waals surface area contributed by atoms with Crippen LogP contribution in [-0.4, -0.2) is 44.9 Å². The molecule has 0 saturated heterocycles. The Bertz CT molecular complexity index is 2860. The zero-order chi connectivity index (χ0) is 40.4. The number of nitrogens with two attached hydrogens (primary N) is 2. The van der Waals surface area contributed by atoms with Crippen molar-refractivity contribution >= 4 is 99.0 Å². The van der Waals surface area contributed by atoms with Gasteiger partial charge in [0.15, 0.2) is 16.8 Å². The van der Waals surface area contributed by atoms with E-state index in [1.165, 1.54) is 42.5 Å². The van der Waals surface area contributed by atoms with E-state index in [2.05, 4.69) is 36.0 Å². The summed E-state index contributed by atoms with van der Waals surface area (Å²) in [7, 11) is -10.2. The molecule has 6 rings (SSSR count). The van der Waals surface area contributed by atoms with Gasteiger partial charge in [0, 0.05) is 11.8 Å². The Morgan fingerprint density at radius 1 is 0.625 bits per heavy atom. The maximum absolute atomic E-state index is 12.5. The maximum atomic E-state index is 12.5. The molecule has 0 bridgehead atoms. The highest BCUT2D eigenvalue weighted by atomic mass is 32.2. The lowest BCUT2D eigenvalue weighted by molar-refractivity contribution is 0.472. The summed E-state index contributed by atoms with van der Waals surface area (Å²) in [6.45, 7) is 0. The van der Waals surface area contributed by atoms with Crippen LogP contribution in [0.3, 0.4) is 0 Å². The lowest BCUT2D eigenvalue weighted by Gasteiger charge is -2.14.